The molecule has 1 aliphatic rings. The number of rotatable bonds is 1. The Morgan fingerprint density at radius 2 is 1.85 bits per heavy atom. The molecule has 0 spiro atoms. The monoisotopic (exact) mass is 216 g/mol. The van der Waals surface area contributed by atoms with Crippen LogP contribution in [0.25, 0.3) is 0 Å². The number of hydrogen-bond acceptors (Lipinski definition) is 2. The predicted molar refractivity (Wildman–Crippen MR) is 53.3 cm³/mol. The number of hydrogen-bond donors (Lipinski definition) is 0. The molecule has 0 bridgehead atoms. The molecule has 0 saturated heterocycles. The summed E-state index contributed by atoms with van der Waals surface area (Å²) in [6, 6.07) is 1.82. The summed E-state index contributed by atoms with van der Waals surface area (Å²) in [5, 5.41) is 0.705. The average Bonchev–Trinajstić information content (AvgIpc) is 2.53. The molecule has 0 aromatic carbocycles. The van der Waals surface area contributed by atoms with Crippen LogP contribution in [0.4, 0.5) is 0 Å². The van der Waals surface area contributed by atoms with Crippen LogP contribution in [0.3, 0.4) is 0 Å². The van der Waals surface area contributed by atoms with Gasteiger partial charge in [0.15, 0.2) is 0 Å². The number of nitrogens with zero attached hydrogens (tertiary/aromatic N) is 2. The largest absolute Gasteiger partial charge is 0.224 e. The van der Waals surface area contributed by atoms with E-state index < -0.39 is 0 Å². The molecule has 1 fully saturated rings. The van der Waals surface area contributed by atoms with Crippen molar-refractivity contribution in [2.24, 2.45) is 0 Å². The lowest BCUT2D eigenvalue weighted by Crippen LogP contribution is -1.98. The summed E-state index contributed by atoms with van der Waals surface area (Å²) in [5.74, 6) is 0.540. The van der Waals surface area contributed by atoms with Crippen molar-refractivity contribution < 1.29 is 0 Å². The first-order valence-electron chi connectivity index (χ1n) is 4.45. The van der Waals surface area contributed by atoms with Crippen molar-refractivity contribution in [1.29, 1.82) is 0 Å². The number of halogens is 2. The van der Waals surface area contributed by atoms with E-state index in [-0.39, 0.29) is 5.28 Å². The second-order valence-corrected chi connectivity index (χ2v) is 4.09. The summed E-state index contributed by atoms with van der Waals surface area (Å²) in [6.07, 6.45) is 4.96. The lowest BCUT2D eigenvalue weighted by Gasteiger charge is -2.07. The Balaban J connectivity index is 2.28. The Hall–Kier alpha value is -0.340. The Labute approximate surface area is 87.3 Å². The van der Waals surface area contributed by atoms with Gasteiger partial charge in [-0.15, -0.1) is 0 Å². The van der Waals surface area contributed by atoms with Crippen LogP contribution in [0.2, 0.25) is 10.4 Å². The molecule has 0 radical (unpaired) electrons. The van der Waals surface area contributed by atoms with Gasteiger partial charge < -0.3 is 0 Å². The fourth-order valence-corrected chi connectivity index (χ4v) is 2.26. The molecule has 70 valence electrons. The molecular formula is C9H10Cl2N2. The smallest absolute Gasteiger partial charge is 0.223 e. The standard InChI is InChI=1S/C9H10Cl2N2/c10-8-5-7(12-9(11)13-8)6-3-1-2-4-6/h5-6H,1-4H2. The van der Waals surface area contributed by atoms with Crippen LogP contribution in [-0.2, 0) is 0 Å². The molecule has 1 aromatic heterocycles. The molecule has 1 saturated carbocycles. The zero-order valence-corrected chi connectivity index (χ0v) is 8.65. The summed E-state index contributed by atoms with van der Waals surface area (Å²) >= 11 is 11.5. The molecule has 13 heavy (non-hydrogen) atoms. The molecule has 0 N–H and O–H groups in total. The van der Waals surface area contributed by atoms with E-state index in [1.54, 1.807) is 0 Å². The van der Waals surface area contributed by atoms with Crippen molar-refractivity contribution in [3.8, 4) is 0 Å². The normalized spacial score (nSPS) is 18.0. The van der Waals surface area contributed by atoms with Crippen molar-refractivity contribution in [1.82, 2.24) is 9.97 Å². The third kappa shape index (κ3) is 2.12. The van der Waals surface area contributed by atoms with E-state index >= 15 is 0 Å². The van der Waals surface area contributed by atoms with Gasteiger partial charge in [-0.05, 0) is 30.5 Å². The third-order valence-corrected chi connectivity index (χ3v) is 2.82. The highest BCUT2D eigenvalue weighted by molar-refractivity contribution is 6.31. The van der Waals surface area contributed by atoms with Crippen molar-refractivity contribution in [2.75, 3.05) is 0 Å². The minimum absolute atomic E-state index is 0.259. The van der Waals surface area contributed by atoms with Crippen LogP contribution in [0.15, 0.2) is 6.07 Å². The van der Waals surface area contributed by atoms with Crippen LogP contribution >= 0.6 is 23.2 Å². The SMILES string of the molecule is Clc1cc(C2CCCC2)nc(Cl)n1. The fourth-order valence-electron chi connectivity index (χ4n) is 1.84. The molecule has 1 aromatic rings. The molecule has 0 amide bonds. The van der Waals surface area contributed by atoms with Gasteiger partial charge in [0.2, 0.25) is 5.28 Å². The van der Waals surface area contributed by atoms with Gasteiger partial charge in [0.05, 0.1) is 0 Å². The Kier molecular flexibility index (Phi) is 2.70. The van der Waals surface area contributed by atoms with Gasteiger partial charge in [-0.25, -0.2) is 9.97 Å². The van der Waals surface area contributed by atoms with E-state index in [2.05, 4.69) is 9.97 Å². The highest BCUT2D eigenvalue weighted by Crippen LogP contribution is 2.33. The Morgan fingerprint density at radius 3 is 2.46 bits per heavy atom. The van der Waals surface area contributed by atoms with Crippen molar-refractivity contribution >= 4 is 23.2 Å². The number of aromatic nitrogens is 2. The third-order valence-electron chi connectivity index (χ3n) is 2.46. The molecular weight excluding hydrogens is 207 g/mol. The van der Waals surface area contributed by atoms with Crippen LogP contribution in [-0.4, -0.2) is 9.97 Å². The van der Waals surface area contributed by atoms with Gasteiger partial charge in [0.25, 0.3) is 0 Å². The van der Waals surface area contributed by atoms with E-state index in [0.717, 1.165) is 5.69 Å². The van der Waals surface area contributed by atoms with Crippen LogP contribution in [0.1, 0.15) is 37.3 Å². The summed E-state index contributed by atoms with van der Waals surface area (Å²) < 4.78 is 0. The van der Waals surface area contributed by atoms with Gasteiger partial charge in [-0.1, -0.05) is 24.4 Å². The lowest BCUT2D eigenvalue weighted by molar-refractivity contribution is 0.694. The molecule has 1 aliphatic carbocycles. The van der Waals surface area contributed by atoms with Crippen LogP contribution in [0, 0.1) is 0 Å². The summed E-state index contributed by atoms with van der Waals surface area (Å²) in [6.45, 7) is 0. The molecule has 2 rings (SSSR count). The first kappa shape index (κ1) is 9.22. The summed E-state index contributed by atoms with van der Waals surface area (Å²) in [5.41, 5.74) is 1.00. The van der Waals surface area contributed by atoms with Gasteiger partial charge in [0.1, 0.15) is 5.15 Å². The topological polar surface area (TPSA) is 25.8 Å². The van der Waals surface area contributed by atoms with Gasteiger partial charge in [0, 0.05) is 11.6 Å². The van der Waals surface area contributed by atoms with Crippen molar-refractivity contribution in [3.63, 3.8) is 0 Å². The van der Waals surface area contributed by atoms with E-state index in [4.69, 9.17) is 23.2 Å². The van der Waals surface area contributed by atoms with Crippen LogP contribution in [0.5, 0.6) is 0 Å². The van der Waals surface area contributed by atoms with Crippen LogP contribution < -0.4 is 0 Å². The maximum Gasteiger partial charge on any atom is 0.224 e. The van der Waals surface area contributed by atoms with Gasteiger partial charge in [-0.2, -0.15) is 0 Å². The second kappa shape index (κ2) is 3.81. The van der Waals surface area contributed by atoms with Crippen molar-refractivity contribution in [2.45, 2.75) is 31.6 Å². The second-order valence-electron chi connectivity index (χ2n) is 3.37. The Morgan fingerprint density at radius 1 is 1.15 bits per heavy atom. The quantitative estimate of drug-likeness (QED) is 0.531. The highest BCUT2D eigenvalue weighted by atomic mass is 35.5. The first-order valence-corrected chi connectivity index (χ1v) is 5.21. The molecule has 2 nitrogen and oxygen atoms in total. The summed E-state index contributed by atoms with van der Waals surface area (Å²) in [7, 11) is 0. The zero-order chi connectivity index (χ0) is 9.26. The Bertz CT molecular complexity index is 288. The lowest BCUT2D eigenvalue weighted by atomic mass is 10.0. The zero-order valence-electron chi connectivity index (χ0n) is 7.13. The van der Waals surface area contributed by atoms with Crippen molar-refractivity contribution in [3.05, 3.63) is 22.2 Å². The van der Waals surface area contributed by atoms with E-state index in [9.17, 15) is 0 Å². The molecule has 1 heterocycles. The fraction of sp³-hybridized carbons (Fsp3) is 0.556. The van der Waals surface area contributed by atoms with Gasteiger partial charge >= 0.3 is 0 Å². The van der Waals surface area contributed by atoms with E-state index in [1.807, 2.05) is 6.07 Å². The first-order chi connectivity index (χ1) is 6.25. The molecule has 4 heteroatoms. The summed E-state index contributed by atoms with van der Waals surface area (Å²) in [4.78, 5) is 8.01. The molecule has 0 unspecified atom stereocenters. The maximum atomic E-state index is 5.79. The van der Waals surface area contributed by atoms with Gasteiger partial charge in [-0.3, -0.25) is 0 Å². The molecule has 0 aliphatic heterocycles. The highest BCUT2D eigenvalue weighted by Gasteiger charge is 2.19. The molecule has 0 atom stereocenters. The maximum absolute atomic E-state index is 5.79. The predicted octanol–water partition coefficient (Wildman–Crippen LogP) is 3.44. The van der Waals surface area contributed by atoms with E-state index in [0.29, 0.717) is 11.1 Å². The van der Waals surface area contributed by atoms with E-state index in [1.165, 1.54) is 25.7 Å². The minimum atomic E-state index is 0.259. The average molecular weight is 217 g/mol. The minimum Gasteiger partial charge on any atom is -0.223 e.